The molecule has 0 saturated heterocycles. The van der Waals surface area contributed by atoms with Gasteiger partial charge in [0, 0.05) is 5.57 Å². The summed E-state index contributed by atoms with van der Waals surface area (Å²) >= 11 is 0. The number of hydrogen-bond acceptors (Lipinski definition) is 2. The van der Waals surface area contributed by atoms with E-state index in [0.29, 0.717) is 12.8 Å². The molecule has 2 aromatic rings. The van der Waals surface area contributed by atoms with Crippen molar-refractivity contribution >= 4 is 11.9 Å². The van der Waals surface area contributed by atoms with Crippen LogP contribution in [0.15, 0.2) is 66.7 Å². The molecule has 1 atom stereocenters. The first-order valence-electron chi connectivity index (χ1n) is 7.78. The molecule has 0 unspecified atom stereocenters. The summed E-state index contributed by atoms with van der Waals surface area (Å²) in [6.07, 6.45) is 1.56. The molecule has 2 N–H and O–H groups in total. The molecular formula is C20H20O4. The lowest BCUT2D eigenvalue weighted by Crippen LogP contribution is -2.20. The van der Waals surface area contributed by atoms with E-state index in [1.807, 2.05) is 54.6 Å². The van der Waals surface area contributed by atoms with Gasteiger partial charge in [0.15, 0.2) is 0 Å². The zero-order valence-corrected chi connectivity index (χ0v) is 13.3. The van der Waals surface area contributed by atoms with Gasteiger partial charge in [-0.25, -0.2) is 4.79 Å². The number of hydrogen-bond donors (Lipinski definition) is 2. The number of aryl methyl sites for hydroxylation is 1. The second-order valence-corrected chi connectivity index (χ2v) is 5.68. The van der Waals surface area contributed by atoms with Crippen LogP contribution in [0.1, 0.15) is 18.4 Å². The topological polar surface area (TPSA) is 74.6 Å². The quantitative estimate of drug-likeness (QED) is 0.719. The zero-order valence-electron chi connectivity index (χ0n) is 13.3. The second-order valence-electron chi connectivity index (χ2n) is 5.68. The molecule has 0 aliphatic carbocycles. The predicted octanol–water partition coefficient (Wildman–Crippen LogP) is 4.02. The summed E-state index contributed by atoms with van der Waals surface area (Å²) in [5.74, 6) is -3.43. The normalized spacial score (nSPS) is 11.7. The van der Waals surface area contributed by atoms with Crippen LogP contribution in [0.2, 0.25) is 0 Å². The van der Waals surface area contributed by atoms with E-state index in [4.69, 9.17) is 10.2 Å². The molecule has 0 aliphatic heterocycles. The van der Waals surface area contributed by atoms with Crippen molar-refractivity contribution in [2.45, 2.75) is 19.3 Å². The fourth-order valence-corrected chi connectivity index (χ4v) is 2.60. The van der Waals surface area contributed by atoms with Crippen molar-refractivity contribution in [3.8, 4) is 11.1 Å². The Morgan fingerprint density at radius 3 is 2.04 bits per heavy atom. The molecule has 124 valence electrons. The minimum absolute atomic E-state index is 0.262. The summed E-state index contributed by atoms with van der Waals surface area (Å²) in [5.41, 5.74) is 3.11. The van der Waals surface area contributed by atoms with E-state index in [0.717, 1.165) is 16.7 Å². The smallest absolute Gasteiger partial charge is 0.331 e. The third-order valence-corrected chi connectivity index (χ3v) is 4.01. The lowest BCUT2D eigenvalue weighted by Gasteiger charge is -2.12. The van der Waals surface area contributed by atoms with Crippen molar-refractivity contribution < 1.29 is 19.8 Å². The van der Waals surface area contributed by atoms with Crippen molar-refractivity contribution in [3.63, 3.8) is 0 Å². The highest BCUT2D eigenvalue weighted by molar-refractivity contribution is 5.93. The zero-order chi connectivity index (χ0) is 17.5. The Morgan fingerprint density at radius 1 is 0.917 bits per heavy atom. The van der Waals surface area contributed by atoms with Gasteiger partial charge in [0.25, 0.3) is 0 Å². The molecule has 0 bridgehead atoms. The number of benzene rings is 2. The molecule has 0 spiro atoms. The fraction of sp³-hybridized carbons (Fsp3) is 0.200. The van der Waals surface area contributed by atoms with E-state index in [2.05, 4.69) is 6.58 Å². The lowest BCUT2D eigenvalue weighted by atomic mass is 9.93. The summed E-state index contributed by atoms with van der Waals surface area (Å²) < 4.78 is 0. The second kappa shape index (κ2) is 8.11. The third kappa shape index (κ3) is 4.56. The Kier molecular flexibility index (Phi) is 5.90. The molecule has 0 amide bonds. The molecule has 0 aliphatic rings. The number of carboxylic acids is 2. The number of carbonyl (C=O) groups is 2. The molecule has 0 fully saturated rings. The molecule has 0 saturated carbocycles. The summed E-state index contributed by atoms with van der Waals surface area (Å²) in [6.45, 7) is 3.37. The van der Waals surface area contributed by atoms with Crippen LogP contribution in [-0.4, -0.2) is 22.2 Å². The van der Waals surface area contributed by atoms with Gasteiger partial charge in [-0.1, -0.05) is 61.2 Å². The van der Waals surface area contributed by atoms with Crippen LogP contribution in [0.25, 0.3) is 11.1 Å². The van der Waals surface area contributed by atoms with Crippen molar-refractivity contribution in [1.29, 1.82) is 0 Å². The Bertz CT molecular complexity index is 717. The van der Waals surface area contributed by atoms with Gasteiger partial charge in [0.1, 0.15) is 0 Å². The van der Waals surface area contributed by atoms with Crippen LogP contribution < -0.4 is 0 Å². The van der Waals surface area contributed by atoms with Crippen LogP contribution in [-0.2, 0) is 16.0 Å². The largest absolute Gasteiger partial charge is 0.481 e. The Labute approximate surface area is 141 Å². The van der Waals surface area contributed by atoms with E-state index in [1.165, 1.54) is 0 Å². The van der Waals surface area contributed by atoms with Gasteiger partial charge in [-0.2, -0.15) is 0 Å². The molecule has 24 heavy (non-hydrogen) atoms. The van der Waals surface area contributed by atoms with Gasteiger partial charge in [0.05, 0.1) is 5.92 Å². The average molecular weight is 324 g/mol. The van der Waals surface area contributed by atoms with Gasteiger partial charge < -0.3 is 10.2 Å². The maximum Gasteiger partial charge on any atom is 0.331 e. The van der Waals surface area contributed by atoms with Crippen LogP contribution in [0, 0.1) is 5.92 Å². The van der Waals surface area contributed by atoms with Crippen molar-refractivity contribution in [1.82, 2.24) is 0 Å². The van der Waals surface area contributed by atoms with Crippen molar-refractivity contribution in [2.75, 3.05) is 0 Å². The standard InChI is InChI=1S/C20H20O4/c1-14(19(21)22)18(20(23)24)9-5-6-15-10-12-17(13-11-15)16-7-3-2-4-8-16/h2-4,7-8,10-13,18H,1,5-6,9H2,(H,21,22)(H,23,24)/t18-/m1/s1. The average Bonchev–Trinajstić information content (AvgIpc) is 2.59. The maximum absolute atomic E-state index is 11.2. The molecule has 4 nitrogen and oxygen atoms in total. The highest BCUT2D eigenvalue weighted by Gasteiger charge is 2.24. The van der Waals surface area contributed by atoms with Crippen molar-refractivity contribution in [2.24, 2.45) is 5.92 Å². The SMILES string of the molecule is C=C(C(=O)O)[C@@H](CCCc1ccc(-c2ccccc2)cc1)C(=O)O. The van der Waals surface area contributed by atoms with Crippen LogP contribution >= 0.6 is 0 Å². The predicted molar refractivity (Wildman–Crippen MR) is 92.7 cm³/mol. The van der Waals surface area contributed by atoms with Crippen LogP contribution in [0.4, 0.5) is 0 Å². The lowest BCUT2D eigenvalue weighted by molar-refractivity contribution is -0.144. The minimum atomic E-state index is -1.25. The van der Waals surface area contributed by atoms with Gasteiger partial charge >= 0.3 is 11.9 Å². The Balaban J connectivity index is 1.93. The van der Waals surface area contributed by atoms with E-state index in [1.54, 1.807) is 0 Å². The molecule has 0 heterocycles. The number of aliphatic carboxylic acids is 2. The molecular weight excluding hydrogens is 304 g/mol. The summed E-state index contributed by atoms with van der Waals surface area (Å²) in [6, 6.07) is 18.2. The summed E-state index contributed by atoms with van der Waals surface area (Å²) in [7, 11) is 0. The summed E-state index contributed by atoms with van der Waals surface area (Å²) in [4.78, 5) is 22.1. The Morgan fingerprint density at radius 2 is 1.50 bits per heavy atom. The molecule has 4 heteroatoms. The van der Waals surface area contributed by atoms with Crippen LogP contribution in [0.5, 0.6) is 0 Å². The molecule has 0 radical (unpaired) electrons. The highest BCUT2D eigenvalue weighted by Crippen LogP contribution is 2.21. The first kappa shape index (κ1) is 17.5. The minimum Gasteiger partial charge on any atom is -0.481 e. The first-order valence-corrected chi connectivity index (χ1v) is 7.78. The third-order valence-electron chi connectivity index (χ3n) is 4.01. The molecule has 2 aromatic carbocycles. The van der Waals surface area contributed by atoms with E-state index >= 15 is 0 Å². The monoisotopic (exact) mass is 324 g/mol. The molecule has 0 aromatic heterocycles. The van der Waals surface area contributed by atoms with Gasteiger partial charge in [-0.05, 0) is 36.0 Å². The summed E-state index contributed by atoms with van der Waals surface area (Å²) in [5, 5.41) is 18.0. The van der Waals surface area contributed by atoms with Gasteiger partial charge in [-0.3, -0.25) is 4.79 Å². The number of carboxylic acid groups (broad SMARTS) is 2. The van der Waals surface area contributed by atoms with E-state index in [-0.39, 0.29) is 12.0 Å². The maximum atomic E-state index is 11.2. The molecule has 2 rings (SSSR count). The van der Waals surface area contributed by atoms with E-state index in [9.17, 15) is 9.59 Å². The first-order chi connectivity index (χ1) is 11.5. The Hall–Kier alpha value is -2.88. The van der Waals surface area contributed by atoms with E-state index < -0.39 is 17.9 Å². The fourth-order valence-electron chi connectivity index (χ4n) is 2.60. The van der Waals surface area contributed by atoms with Crippen molar-refractivity contribution in [3.05, 3.63) is 72.3 Å². The van der Waals surface area contributed by atoms with Gasteiger partial charge in [0.2, 0.25) is 0 Å². The highest BCUT2D eigenvalue weighted by atomic mass is 16.4. The van der Waals surface area contributed by atoms with Crippen LogP contribution in [0.3, 0.4) is 0 Å². The number of rotatable bonds is 8. The van der Waals surface area contributed by atoms with Gasteiger partial charge in [-0.15, -0.1) is 0 Å².